The first kappa shape index (κ1) is 59.8. The molecular formula is C59H86O6. The quantitative estimate of drug-likeness (QED) is 0.0200. The van der Waals surface area contributed by atoms with Crippen LogP contribution in [0.2, 0.25) is 0 Å². The molecule has 0 N–H and O–H groups in total. The van der Waals surface area contributed by atoms with Crippen LogP contribution < -0.4 is 0 Å². The highest BCUT2D eigenvalue weighted by molar-refractivity contribution is 5.71. The molecule has 358 valence electrons. The van der Waals surface area contributed by atoms with Crippen molar-refractivity contribution < 1.29 is 28.6 Å². The molecule has 0 radical (unpaired) electrons. The van der Waals surface area contributed by atoms with Gasteiger partial charge in [-0.05, 0) is 96.3 Å². The minimum absolute atomic E-state index is 0.139. The van der Waals surface area contributed by atoms with Gasteiger partial charge in [-0.2, -0.15) is 0 Å². The molecule has 0 saturated carbocycles. The molecule has 0 aliphatic rings. The van der Waals surface area contributed by atoms with Gasteiger partial charge in [-0.1, -0.05) is 217 Å². The maximum Gasteiger partial charge on any atom is 0.306 e. The zero-order valence-corrected chi connectivity index (χ0v) is 40.7. The van der Waals surface area contributed by atoms with Crippen LogP contribution in [0.25, 0.3) is 0 Å². The highest BCUT2D eigenvalue weighted by Gasteiger charge is 2.19. The van der Waals surface area contributed by atoms with E-state index in [0.717, 1.165) is 109 Å². The van der Waals surface area contributed by atoms with Crippen molar-refractivity contribution in [3.63, 3.8) is 0 Å². The molecule has 0 aliphatic heterocycles. The Hall–Kier alpha value is -5.23. The Morgan fingerprint density at radius 2 is 0.662 bits per heavy atom. The maximum atomic E-state index is 12.8. The summed E-state index contributed by atoms with van der Waals surface area (Å²) in [5.41, 5.74) is 0. The molecule has 0 spiro atoms. The molecule has 0 aromatic carbocycles. The van der Waals surface area contributed by atoms with E-state index in [9.17, 15) is 14.4 Å². The van der Waals surface area contributed by atoms with Crippen molar-refractivity contribution in [2.24, 2.45) is 0 Å². The number of rotatable bonds is 41. The predicted molar refractivity (Wildman–Crippen MR) is 278 cm³/mol. The Morgan fingerprint density at radius 1 is 0.323 bits per heavy atom. The van der Waals surface area contributed by atoms with Crippen LogP contribution in [0.1, 0.15) is 162 Å². The van der Waals surface area contributed by atoms with Gasteiger partial charge in [0.2, 0.25) is 0 Å². The highest BCUT2D eigenvalue weighted by Crippen LogP contribution is 2.11. The molecule has 6 nitrogen and oxygen atoms in total. The summed E-state index contributed by atoms with van der Waals surface area (Å²) in [5, 5.41) is 0. The average Bonchev–Trinajstić information content (AvgIpc) is 3.30. The van der Waals surface area contributed by atoms with Crippen molar-refractivity contribution in [1.29, 1.82) is 0 Å². The number of carbonyl (C=O) groups is 3. The molecule has 1 unspecified atom stereocenters. The molecule has 1 atom stereocenters. The summed E-state index contributed by atoms with van der Waals surface area (Å²) < 4.78 is 16.6. The van der Waals surface area contributed by atoms with Crippen LogP contribution in [-0.2, 0) is 28.6 Å². The lowest BCUT2D eigenvalue weighted by atomic mass is 10.1. The Morgan fingerprint density at radius 3 is 1.12 bits per heavy atom. The zero-order chi connectivity index (χ0) is 47.2. The summed E-state index contributed by atoms with van der Waals surface area (Å²) in [5.74, 6) is -1.11. The van der Waals surface area contributed by atoms with E-state index in [4.69, 9.17) is 14.2 Å². The van der Waals surface area contributed by atoms with Crippen LogP contribution in [0.4, 0.5) is 0 Å². The summed E-state index contributed by atoms with van der Waals surface area (Å²) >= 11 is 0. The summed E-state index contributed by atoms with van der Waals surface area (Å²) in [7, 11) is 0. The van der Waals surface area contributed by atoms with Gasteiger partial charge in [-0.3, -0.25) is 14.4 Å². The molecule has 0 bridgehead atoms. The van der Waals surface area contributed by atoms with E-state index in [1.165, 1.54) is 0 Å². The molecule has 0 heterocycles. The van der Waals surface area contributed by atoms with Crippen LogP contribution in [0, 0.1) is 0 Å². The Balaban J connectivity index is 4.65. The van der Waals surface area contributed by atoms with E-state index < -0.39 is 6.10 Å². The van der Waals surface area contributed by atoms with Crippen LogP contribution in [0.3, 0.4) is 0 Å². The van der Waals surface area contributed by atoms with Gasteiger partial charge in [0, 0.05) is 19.3 Å². The molecule has 0 aliphatic carbocycles. The molecule has 0 fully saturated rings. The van der Waals surface area contributed by atoms with Crippen LogP contribution in [0.15, 0.2) is 170 Å². The second-order valence-corrected chi connectivity index (χ2v) is 15.4. The minimum atomic E-state index is -0.848. The van der Waals surface area contributed by atoms with E-state index in [-0.39, 0.29) is 44.0 Å². The lowest BCUT2D eigenvalue weighted by molar-refractivity contribution is -0.166. The normalized spacial score (nSPS) is 13.6. The Kier molecular flexibility index (Phi) is 47.3. The van der Waals surface area contributed by atoms with Crippen LogP contribution >= 0.6 is 0 Å². The Bertz CT molecular complexity index is 1590. The molecular weight excluding hydrogens is 805 g/mol. The van der Waals surface area contributed by atoms with Gasteiger partial charge in [0.25, 0.3) is 0 Å². The second kappa shape index (κ2) is 51.4. The fraction of sp³-hybridized carbons (Fsp3) is 0.475. The second-order valence-electron chi connectivity index (χ2n) is 15.4. The number of unbranched alkanes of at least 4 members (excludes halogenated alkanes) is 8. The third-order valence-electron chi connectivity index (χ3n) is 9.40. The number of allylic oxidation sites excluding steroid dienone is 28. The SMILES string of the molecule is CC\C=C/C=C\C=C/C=C\C=C/CCCCCC(=O)OC(COC(=O)CC/C=C\C/C=C\C/C=C\C/C=C\C/C=C\C/C=C\CC)COC(=O)CCCCCCC\C=C/C=C\C=C/CC. The summed E-state index contributed by atoms with van der Waals surface area (Å²) in [6.45, 7) is 6.08. The first-order chi connectivity index (χ1) is 32.0. The van der Waals surface area contributed by atoms with Crippen molar-refractivity contribution in [3.8, 4) is 0 Å². The lowest BCUT2D eigenvalue weighted by Gasteiger charge is -2.18. The van der Waals surface area contributed by atoms with Gasteiger partial charge in [0.15, 0.2) is 6.10 Å². The maximum absolute atomic E-state index is 12.8. The van der Waals surface area contributed by atoms with Gasteiger partial charge in [-0.25, -0.2) is 0 Å². The lowest BCUT2D eigenvalue weighted by Crippen LogP contribution is -2.30. The molecule has 0 saturated heterocycles. The Labute approximate surface area is 396 Å². The zero-order valence-electron chi connectivity index (χ0n) is 40.7. The van der Waals surface area contributed by atoms with Gasteiger partial charge in [0.1, 0.15) is 13.2 Å². The summed E-state index contributed by atoms with van der Waals surface area (Å²) in [6, 6.07) is 0. The van der Waals surface area contributed by atoms with E-state index in [0.29, 0.717) is 19.3 Å². The van der Waals surface area contributed by atoms with E-state index in [1.54, 1.807) is 0 Å². The molecule has 0 aromatic rings. The number of carbonyl (C=O) groups excluding carboxylic acids is 3. The summed E-state index contributed by atoms with van der Waals surface area (Å²) in [6.07, 6.45) is 76.3. The topological polar surface area (TPSA) is 78.9 Å². The van der Waals surface area contributed by atoms with Gasteiger partial charge in [-0.15, -0.1) is 0 Å². The van der Waals surface area contributed by atoms with Crippen molar-refractivity contribution in [3.05, 3.63) is 170 Å². The summed E-state index contributed by atoms with van der Waals surface area (Å²) in [4.78, 5) is 37.9. The monoisotopic (exact) mass is 891 g/mol. The van der Waals surface area contributed by atoms with E-state index in [2.05, 4.69) is 124 Å². The van der Waals surface area contributed by atoms with Crippen molar-refractivity contribution in [2.45, 2.75) is 168 Å². The predicted octanol–water partition coefficient (Wildman–Crippen LogP) is 16.4. The average molecular weight is 891 g/mol. The smallest absolute Gasteiger partial charge is 0.306 e. The van der Waals surface area contributed by atoms with Crippen molar-refractivity contribution in [1.82, 2.24) is 0 Å². The molecule has 6 heteroatoms. The van der Waals surface area contributed by atoms with Gasteiger partial charge >= 0.3 is 17.9 Å². The van der Waals surface area contributed by atoms with Crippen molar-refractivity contribution >= 4 is 17.9 Å². The van der Waals surface area contributed by atoms with Gasteiger partial charge in [0.05, 0.1) is 0 Å². The fourth-order valence-electron chi connectivity index (χ4n) is 5.78. The first-order valence-corrected chi connectivity index (χ1v) is 24.7. The number of hydrogen-bond donors (Lipinski definition) is 0. The molecule has 0 amide bonds. The third kappa shape index (κ3) is 49.6. The first-order valence-electron chi connectivity index (χ1n) is 24.7. The molecule has 0 rings (SSSR count). The highest BCUT2D eigenvalue weighted by atomic mass is 16.6. The number of hydrogen-bond acceptors (Lipinski definition) is 6. The minimum Gasteiger partial charge on any atom is -0.462 e. The van der Waals surface area contributed by atoms with Crippen LogP contribution in [0.5, 0.6) is 0 Å². The number of ether oxygens (including phenoxy) is 3. The molecule has 65 heavy (non-hydrogen) atoms. The van der Waals surface area contributed by atoms with E-state index >= 15 is 0 Å². The third-order valence-corrected chi connectivity index (χ3v) is 9.40. The van der Waals surface area contributed by atoms with Gasteiger partial charge < -0.3 is 14.2 Å². The van der Waals surface area contributed by atoms with Crippen LogP contribution in [-0.4, -0.2) is 37.2 Å². The number of esters is 3. The largest absolute Gasteiger partial charge is 0.462 e. The fourth-order valence-corrected chi connectivity index (χ4v) is 5.78. The van der Waals surface area contributed by atoms with Crippen molar-refractivity contribution in [2.75, 3.05) is 13.2 Å². The van der Waals surface area contributed by atoms with E-state index in [1.807, 2.05) is 66.8 Å². The standard InChI is InChI=1S/C59H86O6/c1-4-7-10-13-16-19-22-25-27-28-29-30-32-34-37-40-43-46-49-52-58(61)64-55-56(54-63-57(60)51-48-45-42-39-36-33-24-21-18-15-12-9-6-3)65-59(62)53-50-47-44-41-38-35-31-26-23-20-17-14-11-8-5-2/h7-12,14-21,23-27,29-31,34-35,37-38,43,46,56H,4-6,13,22,28,32-33,36,39-42,44-45,47-55H2,1-3H3/b10-7-,11-8-,12-9-,17-14-,18-15-,19-16-,23-20-,24-21-,27-25-,30-29-,31-26-,37-34-,38-35-,46-43-. The molecule has 0 aromatic heterocycles.